The van der Waals surface area contributed by atoms with Crippen LogP contribution in [0.15, 0.2) is 0 Å². The minimum Gasteiger partial charge on any atom is -0.313 e. The Bertz CT molecular complexity index is 491. The predicted molar refractivity (Wildman–Crippen MR) is 116 cm³/mol. The molecule has 2 saturated heterocycles. The van der Waals surface area contributed by atoms with Gasteiger partial charge in [-0.1, -0.05) is 47.5 Å². The minimum absolute atomic E-state index is 0.453. The molecule has 4 rings (SSSR count). The van der Waals surface area contributed by atoms with Crippen LogP contribution in [0.4, 0.5) is 0 Å². The van der Waals surface area contributed by atoms with Gasteiger partial charge in [0, 0.05) is 18.1 Å². The van der Waals surface area contributed by atoms with Gasteiger partial charge in [-0.05, 0) is 92.4 Å². The van der Waals surface area contributed by atoms with Crippen molar-refractivity contribution in [3.05, 3.63) is 0 Å². The van der Waals surface area contributed by atoms with Crippen LogP contribution in [-0.2, 0) is 0 Å². The van der Waals surface area contributed by atoms with E-state index in [-0.39, 0.29) is 0 Å². The van der Waals surface area contributed by atoms with Crippen LogP contribution in [0.5, 0.6) is 0 Å². The highest BCUT2D eigenvalue weighted by Gasteiger charge is 2.45. The molecule has 4 aliphatic rings. The van der Waals surface area contributed by atoms with E-state index in [0.29, 0.717) is 10.8 Å². The highest BCUT2D eigenvalue weighted by Crippen LogP contribution is 2.49. The first kappa shape index (κ1) is 20.2. The highest BCUT2D eigenvalue weighted by atomic mass is 15.0. The van der Waals surface area contributed by atoms with E-state index in [1.165, 1.54) is 70.8 Å². The Morgan fingerprint density at radius 1 is 0.815 bits per heavy atom. The van der Waals surface area contributed by atoms with Crippen LogP contribution in [0.3, 0.4) is 0 Å². The van der Waals surface area contributed by atoms with Gasteiger partial charge in [-0.15, -0.1) is 0 Å². The van der Waals surface area contributed by atoms with Crippen molar-refractivity contribution < 1.29 is 0 Å². The SMILES string of the molecule is CC(C)(C)CC1NCC2CC(CC(C)(C)CC3CC4CCCCC4N3)CC21. The molecule has 0 bridgehead atoms. The quantitative estimate of drug-likeness (QED) is 0.639. The van der Waals surface area contributed by atoms with Crippen molar-refractivity contribution >= 4 is 0 Å². The Morgan fingerprint density at radius 3 is 2.33 bits per heavy atom. The summed E-state index contributed by atoms with van der Waals surface area (Å²) in [5, 5.41) is 7.91. The van der Waals surface area contributed by atoms with Crippen molar-refractivity contribution in [3.63, 3.8) is 0 Å². The Labute approximate surface area is 169 Å². The molecule has 0 aromatic rings. The third kappa shape index (κ3) is 4.92. The van der Waals surface area contributed by atoms with Gasteiger partial charge in [-0.25, -0.2) is 0 Å². The van der Waals surface area contributed by atoms with Crippen LogP contribution >= 0.6 is 0 Å². The lowest BCUT2D eigenvalue weighted by atomic mass is 9.75. The van der Waals surface area contributed by atoms with Crippen molar-refractivity contribution in [2.75, 3.05) is 6.54 Å². The van der Waals surface area contributed by atoms with E-state index < -0.39 is 0 Å². The third-order valence-corrected chi connectivity index (χ3v) is 8.42. The first-order chi connectivity index (χ1) is 12.7. The molecule has 2 aliphatic carbocycles. The fourth-order valence-corrected chi connectivity index (χ4v) is 7.63. The fraction of sp³-hybridized carbons (Fsp3) is 1.00. The number of fused-ring (bicyclic) bond motifs is 2. The topological polar surface area (TPSA) is 24.1 Å². The van der Waals surface area contributed by atoms with Gasteiger partial charge in [0.2, 0.25) is 0 Å². The molecule has 0 radical (unpaired) electrons. The van der Waals surface area contributed by atoms with Crippen LogP contribution < -0.4 is 10.6 Å². The van der Waals surface area contributed by atoms with E-state index in [2.05, 4.69) is 45.3 Å². The molecule has 7 unspecified atom stereocenters. The lowest BCUT2D eigenvalue weighted by molar-refractivity contribution is 0.212. The normalized spacial score (nSPS) is 42.3. The zero-order chi connectivity index (χ0) is 19.2. The molecule has 2 N–H and O–H groups in total. The molecule has 2 aliphatic heterocycles. The Balaban J connectivity index is 1.28. The standard InChI is InChI=1S/C25H46N2/c1-24(2,3)15-23-21-11-17(10-19(21)16-26-23)13-25(4,5)14-20-12-18-8-6-7-9-22(18)27-20/h17-23,26-27H,6-16H2,1-5H3. The molecule has 0 aromatic carbocycles. The lowest BCUT2D eigenvalue weighted by Gasteiger charge is -2.32. The van der Waals surface area contributed by atoms with E-state index in [1.807, 2.05) is 0 Å². The second-order valence-corrected chi connectivity index (χ2v) is 12.9. The molecular formula is C25H46N2. The zero-order valence-electron chi connectivity index (χ0n) is 18.8. The van der Waals surface area contributed by atoms with Crippen LogP contribution in [-0.4, -0.2) is 24.7 Å². The Morgan fingerprint density at radius 2 is 1.59 bits per heavy atom. The van der Waals surface area contributed by atoms with Crippen LogP contribution in [0, 0.1) is 34.5 Å². The van der Waals surface area contributed by atoms with Crippen molar-refractivity contribution in [1.29, 1.82) is 0 Å². The van der Waals surface area contributed by atoms with Crippen LogP contribution in [0.25, 0.3) is 0 Å². The van der Waals surface area contributed by atoms with Gasteiger partial charge in [-0.3, -0.25) is 0 Å². The summed E-state index contributed by atoms with van der Waals surface area (Å²) in [4.78, 5) is 0. The van der Waals surface area contributed by atoms with Gasteiger partial charge in [-0.2, -0.15) is 0 Å². The first-order valence-electron chi connectivity index (χ1n) is 12.2. The molecule has 2 saturated carbocycles. The summed E-state index contributed by atoms with van der Waals surface area (Å²) >= 11 is 0. The summed E-state index contributed by atoms with van der Waals surface area (Å²) in [6.07, 6.45) is 14.5. The molecule has 0 amide bonds. The summed E-state index contributed by atoms with van der Waals surface area (Å²) in [5.41, 5.74) is 0.955. The number of rotatable bonds is 5. The second-order valence-electron chi connectivity index (χ2n) is 12.9. The van der Waals surface area contributed by atoms with Crippen molar-refractivity contribution in [3.8, 4) is 0 Å². The Kier molecular flexibility index (Phi) is 5.71. The van der Waals surface area contributed by atoms with E-state index in [1.54, 1.807) is 0 Å². The van der Waals surface area contributed by atoms with Crippen LogP contribution in [0.2, 0.25) is 0 Å². The van der Waals surface area contributed by atoms with Crippen molar-refractivity contribution in [2.45, 2.75) is 117 Å². The van der Waals surface area contributed by atoms with Gasteiger partial charge >= 0.3 is 0 Å². The smallest absolute Gasteiger partial charge is 0.0104 e. The molecule has 0 spiro atoms. The number of hydrogen-bond donors (Lipinski definition) is 2. The molecular weight excluding hydrogens is 328 g/mol. The van der Waals surface area contributed by atoms with Gasteiger partial charge in [0.15, 0.2) is 0 Å². The van der Waals surface area contributed by atoms with Crippen molar-refractivity contribution in [2.24, 2.45) is 34.5 Å². The number of nitrogens with one attached hydrogen (secondary N) is 2. The zero-order valence-corrected chi connectivity index (χ0v) is 18.8. The van der Waals surface area contributed by atoms with Gasteiger partial charge in [0.25, 0.3) is 0 Å². The fourth-order valence-electron chi connectivity index (χ4n) is 7.63. The molecule has 7 atom stereocenters. The third-order valence-electron chi connectivity index (χ3n) is 8.42. The largest absolute Gasteiger partial charge is 0.313 e. The molecule has 2 heteroatoms. The maximum atomic E-state index is 4.04. The lowest BCUT2D eigenvalue weighted by Crippen LogP contribution is -2.35. The van der Waals surface area contributed by atoms with Crippen molar-refractivity contribution in [1.82, 2.24) is 10.6 Å². The first-order valence-corrected chi connectivity index (χ1v) is 12.2. The maximum absolute atomic E-state index is 4.04. The summed E-state index contributed by atoms with van der Waals surface area (Å²) in [6, 6.07) is 2.43. The summed E-state index contributed by atoms with van der Waals surface area (Å²) in [5.74, 6) is 3.89. The monoisotopic (exact) mass is 374 g/mol. The van der Waals surface area contributed by atoms with E-state index >= 15 is 0 Å². The van der Waals surface area contributed by atoms with E-state index in [0.717, 1.165) is 41.8 Å². The highest BCUT2D eigenvalue weighted by molar-refractivity contribution is 5.00. The van der Waals surface area contributed by atoms with Crippen LogP contribution in [0.1, 0.15) is 98.8 Å². The molecule has 0 aromatic heterocycles. The molecule has 2 heterocycles. The number of hydrogen-bond acceptors (Lipinski definition) is 2. The van der Waals surface area contributed by atoms with Gasteiger partial charge in [0.05, 0.1) is 0 Å². The average molecular weight is 375 g/mol. The second kappa shape index (κ2) is 7.63. The molecule has 2 nitrogen and oxygen atoms in total. The average Bonchev–Trinajstić information content (AvgIpc) is 3.20. The van der Waals surface area contributed by atoms with Gasteiger partial charge in [0.1, 0.15) is 0 Å². The summed E-state index contributed by atoms with van der Waals surface area (Å²) in [7, 11) is 0. The molecule has 27 heavy (non-hydrogen) atoms. The van der Waals surface area contributed by atoms with E-state index in [4.69, 9.17) is 0 Å². The summed E-state index contributed by atoms with van der Waals surface area (Å²) in [6.45, 7) is 13.6. The maximum Gasteiger partial charge on any atom is 0.0104 e. The van der Waals surface area contributed by atoms with E-state index in [9.17, 15) is 0 Å². The van der Waals surface area contributed by atoms with Gasteiger partial charge < -0.3 is 10.6 Å². The molecule has 4 fully saturated rings. The molecule has 156 valence electrons. The summed E-state index contributed by atoms with van der Waals surface area (Å²) < 4.78 is 0. The Hall–Kier alpha value is -0.0800. The predicted octanol–water partition coefficient (Wildman–Crippen LogP) is 5.76. The minimum atomic E-state index is 0.453.